The van der Waals surface area contributed by atoms with E-state index in [2.05, 4.69) is 11.8 Å². The van der Waals surface area contributed by atoms with Crippen LogP contribution in [-0.4, -0.2) is 21.6 Å². The zero-order chi connectivity index (χ0) is 41.5. The van der Waals surface area contributed by atoms with E-state index < -0.39 is 143 Å². The molecule has 0 aliphatic carbocycles. The van der Waals surface area contributed by atoms with E-state index >= 15 is 52.7 Å². The van der Waals surface area contributed by atoms with Crippen LogP contribution in [0.25, 0.3) is 0 Å². The Labute approximate surface area is 297 Å². The van der Waals surface area contributed by atoms with E-state index in [1.54, 1.807) is 62.3 Å². The summed E-state index contributed by atoms with van der Waals surface area (Å²) in [5.74, 6) is -40.5. The standard InChI is InChI=1S/C36H33BF15P/c1-12-13-15(53(34(3,4)5,35(6,7)8)36(9,10)11)14(2)37(16-19(38)25(44)31(50)26(45)20(16)39,17-21(40)27(46)32(51)28(47)22(17)41)18-23(42)29(48)33(52)30(49)24(18)43/h1-11H3/b15-14+. The normalized spacial score (nSPS) is 13.6. The molecule has 0 aliphatic heterocycles. The minimum Gasteiger partial charge on any atom is -0.207 e. The van der Waals surface area contributed by atoms with Crippen molar-refractivity contribution in [2.45, 2.75) is 91.6 Å². The molecule has 0 heterocycles. The number of halogens is 15. The third-order valence-corrected chi connectivity index (χ3v) is 16.8. The Hall–Kier alpha value is -3.60. The third kappa shape index (κ3) is 5.95. The molecule has 0 atom stereocenters. The maximum atomic E-state index is 16.4. The predicted molar refractivity (Wildman–Crippen MR) is 176 cm³/mol. The Morgan fingerprint density at radius 1 is 0.396 bits per heavy atom. The average Bonchev–Trinajstić information content (AvgIpc) is 3.03. The van der Waals surface area contributed by atoms with Crippen LogP contribution in [0, 0.1) is 99.1 Å². The van der Waals surface area contributed by atoms with Gasteiger partial charge in [0, 0.05) is 0 Å². The van der Waals surface area contributed by atoms with Gasteiger partial charge in [-0.2, -0.15) is 5.47 Å². The van der Waals surface area contributed by atoms with Crippen molar-refractivity contribution < 1.29 is 65.9 Å². The Morgan fingerprint density at radius 2 is 0.585 bits per heavy atom. The fourth-order valence-electron chi connectivity index (χ4n) is 8.88. The van der Waals surface area contributed by atoms with Gasteiger partial charge in [-0.05, 0) is 75.2 Å². The summed E-state index contributed by atoms with van der Waals surface area (Å²) in [5, 5.41) is -4.18. The van der Waals surface area contributed by atoms with Crippen molar-refractivity contribution >= 4 is 29.8 Å². The van der Waals surface area contributed by atoms with Crippen LogP contribution in [0.15, 0.2) is 10.8 Å². The first-order valence-electron chi connectivity index (χ1n) is 15.6. The maximum Gasteiger partial charge on any atom is 0.200 e. The van der Waals surface area contributed by atoms with Crippen LogP contribution in [-0.2, 0) is 0 Å². The lowest BCUT2D eigenvalue weighted by atomic mass is 9.12. The van der Waals surface area contributed by atoms with E-state index in [1.807, 2.05) is 0 Å². The fourth-order valence-corrected chi connectivity index (χ4v) is 17.9. The summed E-state index contributed by atoms with van der Waals surface area (Å²) >= 11 is 0. The van der Waals surface area contributed by atoms with Crippen LogP contribution in [0.3, 0.4) is 0 Å². The molecule has 0 saturated heterocycles. The zero-order valence-electron chi connectivity index (χ0n) is 30.2. The molecule has 0 aromatic heterocycles. The quantitative estimate of drug-likeness (QED) is 0.0603. The molecular weight excluding hydrogens is 759 g/mol. The van der Waals surface area contributed by atoms with Crippen LogP contribution < -0.4 is 16.4 Å². The second-order valence-corrected chi connectivity index (χ2v) is 21.2. The molecule has 0 spiro atoms. The number of benzene rings is 3. The Bertz CT molecular complexity index is 1830. The smallest absolute Gasteiger partial charge is 0.200 e. The first-order chi connectivity index (χ1) is 23.9. The molecule has 0 amide bonds. The van der Waals surface area contributed by atoms with Gasteiger partial charge in [0.1, 0.15) is 46.4 Å². The Balaban J connectivity index is 3.32. The second kappa shape index (κ2) is 13.9. The predicted octanol–water partition coefficient (Wildman–Crippen LogP) is 10.5. The number of allylic oxidation sites excluding steroid dienone is 2. The van der Waals surface area contributed by atoms with Gasteiger partial charge in [-0.3, -0.25) is 0 Å². The van der Waals surface area contributed by atoms with Gasteiger partial charge in [0.2, 0.25) is 0 Å². The largest absolute Gasteiger partial charge is 0.207 e. The summed E-state index contributed by atoms with van der Waals surface area (Å²) < 4.78 is 234. The van der Waals surface area contributed by atoms with Gasteiger partial charge in [-0.15, -0.1) is 16.4 Å². The van der Waals surface area contributed by atoms with E-state index in [0.29, 0.717) is 6.92 Å². The first-order valence-corrected chi connectivity index (χ1v) is 17.4. The maximum absolute atomic E-state index is 16.4. The summed E-state index contributed by atoms with van der Waals surface area (Å²) in [7, 11) is -3.68. The molecule has 0 unspecified atom stereocenters. The van der Waals surface area contributed by atoms with Gasteiger partial charge in [-0.25, -0.2) is 65.9 Å². The molecule has 290 valence electrons. The fraction of sp³-hybridized carbons (Fsp3) is 0.389. The van der Waals surface area contributed by atoms with Gasteiger partial charge in [0.25, 0.3) is 0 Å². The minimum absolute atomic E-state index is 0.547. The van der Waals surface area contributed by atoms with Crippen LogP contribution >= 0.6 is 7.26 Å². The minimum atomic E-state index is -5.96. The third-order valence-electron chi connectivity index (χ3n) is 9.65. The molecule has 3 aromatic carbocycles. The van der Waals surface area contributed by atoms with Crippen molar-refractivity contribution in [3.05, 3.63) is 98.0 Å². The van der Waals surface area contributed by atoms with Crippen LogP contribution in [0.1, 0.15) is 76.2 Å². The van der Waals surface area contributed by atoms with Crippen molar-refractivity contribution in [1.29, 1.82) is 0 Å². The Kier molecular flexibility index (Phi) is 11.5. The molecule has 0 nitrogen and oxygen atoms in total. The molecule has 3 rings (SSSR count). The summed E-state index contributed by atoms with van der Waals surface area (Å²) in [4.78, 5) is 0. The number of hydrogen-bond donors (Lipinski definition) is 0. The van der Waals surface area contributed by atoms with E-state index in [0.717, 1.165) is 6.92 Å². The van der Waals surface area contributed by atoms with Gasteiger partial charge >= 0.3 is 0 Å². The Morgan fingerprint density at radius 3 is 0.755 bits per heavy atom. The summed E-state index contributed by atoms with van der Waals surface area (Å²) in [6.07, 6.45) is -5.96. The van der Waals surface area contributed by atoms with Crippen LogP contribution in [0.2, 0.25) is 0 Å². The second-order valence-electron chi connectivity index (χ2n) is 15.4. The zero-order valence-corrected chi connectivity index (χ0v) is 31.1. The van der Waals surface area contributed by atoms with E-state index in [1.165, 1.54) is 0 Å². The number of hydrogen-bond acceptors (Lipinski definition) is 0. The van der Waals surface area contributed by atoms with E-state index in [-0.39, 0.29) is 0 Å². The van der Waals surface area contributed by atoms with Crippen molar-refractivity contribution in [2.75, 3.05) is 0 Å². The first kappa shape index (κ1) is 43.8. The van der Waals surface area contributed by atoms with Gasteiger partial charge in [-0.1, -0.05) is 12.8 Å². The summed E-state index contributed by atoms with van der Waals surface area (Å²) in [6.45, 7) is 15.8. The van der Waals surface area contributed by atoms with Gasteiger partial charge in [0.05, 0.1) is 22.7 Å². The van der Waals surface area contributed by atoms with Crippen molar-refractivity contribution in [3.8, 4) is 11.8 Å². The molecule has 0 aliphatic rings. The monoisotopic (exact) mass is 792 g/mol. The highest BCUT2D eigenvalue weighted by Crippen LogP contribution is 2.88. The SMILES string of the molecule is CC#C/C(=C(/C)[B-](c1c(F)c(F)c(F)c(F)c1F)(c1c(F)c(F)c(F)c(F)c1F)c1c(F)c(F)c(F)c(F)c1F)[P+](C(C)(C)C)(C(C)(C)C)C(C)(C)C. The van der Waals surface area contributed by atoms with E-state index in [4.69, 9.17) is 0 Å². The highest BCUT2D eigenvalue weighted by atomic mass is 31.2. The summed E-state index contributed by atoms with van der Waals surface area (Å²) in [6, 6.07) is 0. The van der Waals surface area contributed by atoms with Crippen molar-refractivity contribution in [3.63, 3.8) is 0 Å². The van der Waals surface area contributed by atoms with Crippen molar-refractivity contribution in [2.24, 2.45) is 0 Å². The number of rotatable bonds is 5. The molecule has 3 aromatic rings. The molecule has 0 N–H and O–H groups in total. The summed E-state index contributed by atoms with van der Waals surface area (Å²) in [5.41, 5.74) is -9.33. The van der Waals surface area contributed by atoms with Crippen LogP contribution in [0.5, 0.6) is 0 Å². The van der Waals surface area contributed by atoms with Gasteiger partial charge in [0.15, 0.2) is 52.4 Å². The molecule has 0 bridgehead atoms. The highest BCUT2D eigenvalue weighted by molar-refractivity contribution is 7.84. The lowest BCUT2D eigenvalue weighted by Gasteiger charge is -2.56. The molecule has 0 radical (unpaired) electrons. The lowest BCUT2D eigenvalue weighted by Crippen LogP contribution is -2.74. The van der Waals surface area contributed by atoms with Crippen LogP contribution in [0.4, 0.5) is 65.9 Å². The highest BCUT2D eigenvalue weighted by Gasteiger charge is 2.68. The molecule has 0 saturated carbocycles. The van der Waals surface area contributed by atoms with Gasteiger partial charge < -0.3 is 0 Å². The molecule has 0 fully saturated rings. The lowest BCUT2D eigenvalue weighted by molar-refractivity contribution is 0.379. The molecular formula is C36H33BF15P. The average molecular weight is 792 g/mol. The topological polar surface area (TPSA) is 0 Å². The van der Waals surface area contributed by atoms with Crippen molar-refractivity contribution in [1.82, 2.24) is 0 Å². The molecule has 53 heavy (non-hydrogen) atoms. The molecule has 17 heteroatoms. The van der Waals surface area contributed by atoms with E-state index in [9.17, 15) is 13.2 Å².